The number of nitrogens with two attached hydrogens (primary N) is 1. The van der Waals surface area contributed by atoms with Crippen LogP contribution in [-0.2, 0) is 6.42 Å². The predicted octanol–water partition coefficient (Wildman–Crippen LogP) is 2.08. The number of hydrogen-bond donors (Lipinski definition) is 1. The van der Waals surface area contributed by atoms with E-state index in [1.807, 2.05) is 0 Å². The zero-order valence-electron chi connectivity index (χ0n) is 8.92. The quantitative estimate of drug-likeness (QED) is 0.784. The van der Waals surface area contributed by atoms with Gasteiger partial charge in [0.2, 0.25) is 0 Å². The summed E-state index contributed by atoms with van der Waals surface area (Å²) >= 11 is 0. The summed E-state index contributed by atoms with van der Waals surface area (Å²) in [5, 5.41) is 0. The van der Waals surface area contributed by atoms with Crippen molar-refractivity contribution in [1.29, 1.82) is 0 Å². The van der Waals surface area contributed by atoms with E-state index in [2.05, 4.69) is 18.8 Å². The third-order valence-corrected chi connectivity index (χ3v) is 3.00. The molecule has 1 unspecified atom stereocenters. The van der Waals surface area contributed by atoms with Crippen LogP contribution in [0, 0.1) is 5.41 Å². The fraction of sp³-hybridized carbons (Fsp3) is 0.727. The SMILES string of the molecule is CC1(C)Cc2ncoc2C(CCN)C1. The Balaban J connectivity index is 2.28. The highest BCUT2D eigenvalue weighted by Crippen LogP contribution is 2.42. The van der Waals surface area contributed by atoms with E-state index < -0.39 is 0 Å². The first-order valence-electron chi connectivity index (χ1n) is 5.25. The third-order valence-electron chi connectivity index (χ3n) is 3.00. The third kappa shape index (κ3) is 1.69. The summed E-state index contributed by atoms with van der Waals surface area (Å²) in [6, 6.07) is 0. The monoisotopic (exact) mass is 194 g/mol. The highest BCUT2D eigenvalue weighted by Gasteiger charge is 2.34. The largest absolute Gasteiger partial charge is 0.448 e. The van der Waals surface area contributed by atoms with Gasteiger partial charge in [0.15, 0.2) is 6.39 Å². The molecule has 1 aromatic rings. The fourth-order valence-electron chi connectivity index (χ4n) is 2.46. The summed E-state index contributed by atoms with van der Waals surface area (Å²) in [6.07, 6.45) is 4.76. The Morgan fingerprint density at radius 1 is 1.64 bits per heavy atom. The zero-order valence-corrected chi connectivity index (χ0v) is 8.92. The molecule has 3 heteroatoms. The minimum atomic E-state index is 0.337. The molecule has 0 saturated heterocycles. The van der Waals surface area contributed by atoms with E-state index in [9.17, 15) is 0 Å². The Morgan fingerprint density at radius 2 is 2.43 bits per heavy atom. The van der Waals surface area contributed by atoms with E-state index in [4.69, 9.17) is 10.2 Å². The molecule has 0 bridgehead atoms. The maximum absolute atomic E-state index is 5.61. The number of fused-ring (bicyclic) bond motifs is 1. The number of nitrogens with zero attached hydrogens (tertiary/aromatic N) is 1. The molecule has 0 amide bonds. The summed E-state index contributed by atoms with van der Waals surface area (Å²) < 4.78 is 5.45. The molecule has 0 aliphatic heterocycles. The molecule has 1 atom stereocenters. The van der Waals surface area contributed by atoms with Crippen molar-refractivity contribution in [2.24, 2.45) is 11.1 Å². The van der Waals surface area contributed by atoms with Crippen LogP contribution < -0.4 is 5.73 Å². The highest BCUT2D eigenvalue weighted by atomic mass is 16.3. The average Bonchev–Trinajstić information content (AvgIpc) is 2.50. The molecule has 1 aliphatic rings. The second-order valence-electron chi connectivity index (χ2n) is 4.98. The van der Waals surface area contributed by atoms with Crippen molar-refractivity contribution < 1.29 is 4.42 Å². The van der Waals surface area contributed by atoms with Crippen LogP contribution in [0.15, 0.2) is 10.8 Å². The Kier molecular flexibility index (Phi) is 2.35. The van der Waals surface area contributed by atoms with Gasteiger partial charge in [-0.05, 0) is 31.2 Å². The molecular formula is C11H18N2O. The maximum Gasteiger partial charge on any atom is 0.181 e. The zero-order chi connectivity index (χ0) is 10.2. The average molecular weight is 194 g/mol. The Morgan fingerprint density at radius 3 is 3.14 bits per heavy atom. The highest BCUT2D eigenvalue weighted by molar-refractivity contribution is 5.19. The Hall–Kier alpha value is -0.830. The molecule has 1 aromatic heterocycles. The van der Waals surface area contributed by atoms with Gasteiger partial charge in [-0.1, -0.05) is 13.8 Å². The molecule has 2 N–H and O–H groups in total. The van der Waals surface area contributed by atoms with E-state index in [-0.39, 0.29) is 0 Å². The number of hydrogen-bond acceptors (Lipinski definition) is 3. The predicted molar refractivity (Wildman–Crippen MR) is 55.0 cm³/mol. The van der Waals surface area contributed by atoms with Crippen molar-refractivity contribution >= 4 is 0 Å². The van der Waals surface area contributed by atoms with Gasteiger partial charge in [0.25, 0.3) is 0 Å². The molecule has 0 saturated carbocycles. The fourth-order valence-corrected chi connectivity index (χ4v) is 2.46. The van der Waals surface area contributed by atoms with Crippen molar-refractivity contribution in [3.05, 3.63) is 17.8 Å². The first-order valence-corrected chi connectivity index (χ1v) is 5.25. The summed E-state index contributed by atoms with van der Waals surface area (Å²) in [5.41, 5.74) is 7.09. The molecule has 14 heavy (non-hydrogen) atoms. The Labute approximate surface area is 84.7 Å². The van der Waals surface area contributed by atoms with Crippen LogP contribution in [0.1, 0.15) is 44.1 Å². The summed E-state index contributed by atoms with van der Waals surface area (Å²) in [5.74, 6) is 1.55. The smallest absolute Gasteiger partial charge is 0.181 e. The van der Waals surface area contributed by atoms with E-state index in [1.165, 1.54) is 0 Å². The molecule has 0 spiro atoms. The number of rotatable bonds is 2. The molecule has 2 rings (SSSR count). The number of aromatic nitrogens is 1. The van der Waals surface area contributed by atoms with Gasteiger partial charge in [-0.2, -0.15) is 0 Å². The molecule has 0 radical (unpaired) electrons. The van der Waals surface area contributed by atoms with Gasteiger partial charge in [-0.3, -0.25) is 0 Å². The topological polar surface area (TPSA) is 52.0 Å². The molecular weight excluding hydrogens is 176 g/mol. The van der Waals surface area contributed by atoms with Crippen LogP contribution in [0.5, 0.6) is 0 Å². The van der Waals surface area contributed by atoms with E-state index in [1.54, 1.807) is 6.39 Å². The lowest BCUT2D eigenvalue weighted by atomic mass is 9.72. The minimum absolute atomic E-state index is 0.337. The molecule has 1 heterocycles. The summed E-state index contributed by atoms with van der Waals surface area (Å²) in [6.45, 7) is 5.29. The lowest BCUT2D eigenvalue weighted by Crippen LogP contribution is -2.26. The minimum Gasteiger partial charge on any atom is -0.448 e. The van der Waals surface area contributed by atoms with Gasteiger partial charge in [0.1, 0.15) is 5.76 Å². The first-order chi connectivity index (χ1) is 6.62. The van der Waals surface area contributed by atoms with Crippen LogP contribution in [0.3, 0.4) is 0 Å². The van der Waals surface area contributed by atoms with Crippen LogP contribution in [0.2, 0.25) is 0 Å². The van der Waals surface area contributed by atoms with E-state index in [0.717, 1.165) is 37.3 Å². The molecule has 0 aromatic carbocycles. The van der Waals surface area contributed by atoms with Crippen LogP contribution in [0.4, 0.5) is 0 Å². The standard InChI is InChI=1S/C11H18N2O/c1-11(2)5-8(3-4-12)10-9(6-11)13-7-14-10/h7-8H,3-6,12H2,1-2H3. The summed E-state index contributed by atoms with van der Waals surface area (Å²) in [4.78, 5) is 4.28. The van der Waals surface area contributed by atoms with Gasteiger partial charge < -0.3 is 10.2 Å². The van der Waals surface area contributed by atoms with Gasteiger partial charge in [-0.25, -0.2) is 4.98 Å². The van der Waals surface area contributed by atoms with Gasteiger partial charge in [0.05, 0.1) is 5.69 Å². The lowest BCUT2D eigenvalue weighted by molar-refractivity contribution is 0.249. The maximum atomic E-state index is 5.61. The lowest BCUT2D eigenvalue weighted by Gasteiger charge is -2.33. The van der Waals surface area contributed by atoms with Gasteiger partial charge in [0, 0.05) is 5.92 Å². The van der Waals surface area contributed by atoms with Gasteiger partial charge in [-0.15, -0.1) is 0 Å². The molecule has 3 nitrogen and oxygen atoms in total. The second kappa shape index (κ2) is 3.39. The van der Waals surface area contributed by atoms with E-state index in [0.29, 0.717) is 11.3 Å². The molecule has 1 aliphatic carbocycles. The molecule has 78 valence electrons. The molecule has 0 fully saturated rings. The Bertz CT molecular complexity index is 317. The van der Waals surface area contributed by atoms with E-state index >= 15 is 0 Å². The number of oxazole rings is 1. The van der Waals surface area contributed by atoms with Gasteiger partial charge >= 0.3 is 0 Å². The first kappa shape index (κ1) is 9.71. The second-order valence-corrected chi connectivity index (χ2v) is 4.98. The van der Waals surface area contributed by atoms with Crippen molar-refractivity contribution in [3.8, 4) is 0 Å². The van der Waals surface area contributed by atoms with Crippen molar-refractivity contribution in [3.63, 3.8) is 0 Å². The van der Waals surface area contributed by atoms with Crippen LogP contribution in [0.25, 0.3) is 0 Å². The van der Waals surface area contributed by atoms with Crippen LogP contribution in [-0.4, -0.2) is 11.5 Å². The normalized spacial score (nSPS) is 24.6. The van der Waals surface area contributed by atoms with Crippen molar-refractivity contribution in [2.75, 3.05) is 6.54 Å². The van der Waals surface area contributed by atoms with Crippen molar-refractivity contribution in [1.82, 2.24) is 4.98 Å². The van der Waals surface area contributed by atoms with Crippen LogP contribution >= 0.6 is 0 Å². The summed E-state index contributed by atoms with van der Waals surface area (Å²) in [7, 11) is 0. The van der Waals surface area contributed by atoms with Crippen molar-refractivity contribution in [2.45, 2.75) is 39.0 Å².